The van der Waals surface area contributed by atoms with Crippen LogP contribution in [0.5, 0.6) is 0 Å². The van der Waals surface area contributed by atoms with Crippen LogP contribution < -0.4 is 4.90 Å². The number of nitrogens with zero attached hydrogens (tertiary/aromatic N) is 3. The molecule has 1 saturated carbocycles. The molecule has 12 heteroatoms. The van der Waals surface area contributed by atoms with Gasteiger partial charge in [0.05, 0.1) is 21.9 Å². The summed E-state index contributed by atoms with van der Waals surface area (Å²) in [6.07, 6.45) is 0. The Balaban J connectivity index is 1.93. The second-order valence-electron chi connectivity index (χ2n) is 5.70. The van der Waals surface area contributed by atoms with Crippen molar-refractivity contribution in [3.05, 3.63) is 15.1 Å². The molecule has 0 N–H and O–H groups in total. The standard InChI is InChI=1S/C12H5Cl6N3O2S/c1-2-19-20-9(24-2)21-7(22)3-4(8(21)23)11(16)6(14)5(13)10(3,15)12(11,17)18/h3-4H,1H3/t3-,4+,10-,11-/m1/s1. The smallest absolute Gasteiger partial charge is 0.241 e. The fourth-order valence-electron chi connectivity index (χ4n) is 3.56. The fraction of sp³-hybridized carbons (Fsp3) is 0.500. The van der Waals surface area contributed by atoms with E-state index >= 15 is 0 Å². The Labute approximate surface area is 169 Å². The Morgan fingerprint density at radius 3 is 1.79 bits per heavy atom. The van der Waals surface area contributed by atoms with Gasteiger partial charge in [-0.15, -0.1) is 33.4 Å². The second kappa shape index (κ2) is 4.91. The van der Waals surface area contributed by atoms with Crippen LogP contribution in [0.3, 0.4) is 0 Å². The number of carbonyl (C=O) groups is 2. The van der Waals surface area contributed by atoms with E-state index in [2.05, 4.69) is 10.2 Å². The molecular formula is C12H5Cl6N3O2S. The van der Waals surface area contributed by atoms with E-state index in [0.29, 0.717) is 5.01 Å². The molecule has 2 amide bonds. The third-order valence-corrected chi connectivity index (χ3v) is 9.70. The Kier molecular flexibility index (Phi) is 3.60. The number of carbonyl (C=O) groups excluding carboxylic acids is 2. The molecular weight excluding hydrogens is 463 g/mol. The lowest BCUT2D eigenvalue weighted by atomic mass is 9.84. The van der Waals surface area contributed by atoms with Crippen LogP contribution in [0.15, 0.2) is 10.1 Å². The monoisotopic (exact) mass is 465 g/mol. The molecule has 0 spiro atoms. The number of imide groups is 1. The summed E-state index contributed by atoms with van der Waals surface area (Å²) in [4.78, 5) is 23.2. The maximum Gasteiger partial charge on any atom is 0.241 e. The largest absolute Gasteiger partial charge is 0.274 e. The van der Waals surface area contributed by atoms with E-state index in [1.54, 1.807) is 6.92 Å². The Hall–Kier alpha value is 0.180. The number of anilines is 1. The second-order valence-corrected chi connectivity index (χ2v) is 10.1. The number of aromatic nitrogens is 2. The maximum atomic E-state index is 12.9. The van der Waals surface area contributed by atoms with Crippen molar-refractivity contribution in [1.29, 1.82) is 0 Å². The van der Waals surface area contributed by atoms with E-state index in [1.807, 2.05) is 0 Å². The average Bonchev–Trinajstić information content (AvgIpc) is 3.10. The van der Waals surface area contributed by atoms with Crippen LogP contribution in [0.2, 0.25) is 0 Å². The molecule has 1 saturated heterocycles. The van der Waals surface area contributed by atoms with Gasteiger partial charge in [-0.25, -0.2) is 4.90 Å². The molecule has 1 aromatic heterocycles. The van der Waals surface area contributed by atoms with Crippen LogP contribution >= 0.6 is 80.9 Å². The molecule has 5 nitrogen and oxygen atoms in total. The predicted octanol–water partition coefficient (Wildman–Crippen LogP) is 3.80. The topological polar surface area (TPSA) is 63.2 Å². The van der Waals surface area contributed by atoms with Crippen molar-refractivity contribution in [3.63, 3.8) is 0 Å². The van der Waals surface area contributed by atoms with Gasteiger partial charge in [0.15, 0.2) is 4.33 Å². The third kappa shape index (κ3) is 1.59. The minimum absolute atomic E-state index is 0.122. The predicted molar refractivity (Wildman–Crippen MR) is 94.5 cm³/mol. The number of halogens is 6. The number of allylic oxidation sites excluding steroid dienone is 2. The molecule has 1 aromatic rings. The third-order valence-electron chi connectivity index (χ3n) is 4.62. The zero-order valence-electron chi connectivity index (χ0n) is 11.5. The summed E-state index contributed by atoms with van der Waals surface area (Å²) in [5.74, 6) is -3.57. The van der Waals surface area contributed by atoms with Gasteiger partial charge in [0.2, 0.25) is 16.9 Å². The molecule has 4 rings (SSSR count). The number of aryl methyl sites for hydroxylation is 1. The summed E-state index contributed by atoms with van der Waals surface area (Å²) in [5.41, 5.74) is 0. The Morgan fingerprint density at radius 1 is 0.958 bits per heavy atom. The van der Waals surface area contributed by atoms with Gasteiger partial charge in [0.1, 0.15) is 14.8 Å². The van der Waals surface area contributed by atoms with E-state index in [9.17, 15) is 9.59 Å². The van der Waals surface area contributed by atoms with Crippen molar-refractivity contribution in [2.45, 2.75) is 21.0 Å². The summed E-state index contributed by atoms with van der Waals surface area (Å²) in [6.45, 7) is 1.70. The molecule has 2 aliphatic carbocycles. The molecule has 128 valence electrons. The highest BCUT2D eigenvalue weighted by Crippen LogP contribution is 2.77. The van der Waals surface area contributed by atoms with E-state index in [1.165, 1.54) is 0 Å². The SMILES string of the molecule is Cc1nnc(N2C(=O)[C@@H]3[C@H](C2=O)[C@@]2(Cl)C(Cl)=C(Cl)[C@@]3(Cl)C2(Cl)Cl)s1. The van der Waals surface area contributed by atoms with Crippen LogP contribution in [0.25, 0.3) is 0 Å². The van der Waals surface area contributed by atoms with Gasteiger partial charge < -0.3 is 0 Å². The molecule has 3 aliphatic rings. The van der Waals surface area contributed by atoms with Gasteiger partial charge in [0, 0.05) is 0 Å². The van der Waals surface area contributed by atoms with Gasteiger partial charge in [-0.05, 0) is 6.92 Å². The molecule has 0 unspecified atom stereocenters. The van der Waals surface area contributed by atoms with Gasteiger partial charge in [-0.2, -0.15) is 0 Å². The highest BCUT2D eigenvalue weighted by atomic mass is 35.5. The summed E-state index contributed by atoms with van der Waals surface area (Å²) >= 11 is 39.4. The first-order chi connectivity index (χ1) is 11.0. The fourth-order valence-corrected chi connectivity index (χ4v) is 7.19. The van der Waals surface area contributed by atoms with Crippen LogP contribution in [0.1, 0.15) is 5.01 Å². The van der Waals surface area contributed by atoms with Gasteiger partial charge >= 0.3 is 0 Å². The quantitative estimate of drug-likeness (QED) is 0.465. The number of hydrogen-bond donors (Lipinski definition) is 0. The molecule has 0 aromatic carbocycles. The van der Waals surface area contributed by atoms with Gasteiger partial charge in [-0.1, -0.05) is 57.7 Å². The van der Waals surface area contributed by atoms with E-state index in [-0.39, 0.29) is 15.2 Å². The number of amides is 2. The molecule has 4 atom stereocenters. The molecule has 2 fully saturated rings. The highest BCUT2D eigenvalue weighted by molar-refractivity contribution is 7.15. The van der Waals surface area contributed by atoms with Crippen molar-refractivity contribution >= 4 is 97.9 Å². The zero-order valence-corrected chi connectivity index (χ0v) is 16.8. The van der Waals surface area contributed by atoms with Crippen molar-refractivity contribution in [2.75, 3.05) is 4.90 Å². The average molecular weight is 468 g/mol. The lowest BCUT2D eigenvalue weighted by Crippen LogP contribution is -2.50. The highest BCUT2D eigenvalue weighted by Gasteiger charge is 2.87. The maximum absolute atomic E-state index is 12.9. The minimum Gasteiger partial charge on any atom is -0.274 e. The molecule has 1 aliphatic heterocycles. The molecule has 24 heavy (non-hydrogen) atoms. The number of hydrogen-bond acceptors (Lipinski definition) is 5. The first-order valence-electron chi connectivity index (χ1n) is 6.51. The van der Waals surface area contributed by atoms with Crippen LogP contribution in [-0.4, -0.2) is 36.1 Å². The van der Waals surface area contributed by atoms with Gasteiger partial charge in [0.25, 0.3) is 0 Å². The molecule has 0 radical (unpaired) electrons. The Bertz CT molecular complexity index is 810. The van der Waals surface area contributed by atoms with Crippen LogP contribution in [-0.2, 0) is 9.59 Å². The molecule has 2 bridgehead atoms. The van der Waals surface area contributed by atoms with Crippen LogP contribution in [0.4, 0.5) is 5.13 Å². The van der Waals surface area contributed by atoms with Crippen LogP contribution in [0, 0.1) is 18.8 Å². The number of fused-ring (bicyclic) bond motifs is 5. The number of alkyl halides is 4. The zero-order chi connectivity index (χ0) is 17.8. The first-order valence-corrected chi connectivity index (χ1v) is 9.59. The number of rotatable bonds is 1. The van der Waals surface area contributed by atoms with E-state index in [4.69, 9.17) is 69.6 Å². The van der Waals surface area contributed by atoms with Crippen molar-refractivity contribution in [1.82, 2.24) is 10.2 Å². The summed E-state index contributed by atoms with van der Waals surface area (Å²) < 4.78 is -1.93. The minimum atomic E-state index is -1.93. The lowest BCUT2D eigenvalue weighted by molar-refractivity contribution is -0.123. The van der Waals surface area contributed by atoms with Gasteiger partial charge in [-0.3, -0.25) is 9.59 Å². The molecule has 2 heterocycles. The van der Waals surface area contributed by atoms with Crippen molar-refractivity contribution in [3.8, 4) is 0 Å². The summed E-state index contributed by atoms with van der Waals surface area (Å²) in [6, 6.07) is 0. The normalized spacial score (nSPS) is 40.0. The Morgan fingerprint density at radius 2 is 1.42 bits per heavy atom. The first kappa shape index (κ1) is 17.6. The van der Waals surface area contributed by atoms with E-state index < -0.39 is 37.7 Å². The van der Waals surface area contributed by atoms with E-state index in [0.717, 1.165) is 16.2 Å². The van der Waals surface area contributed by atoms with Crippen molar-refractivity contribution in [2.24, 2.45) is 11.8 Å². The summed E-state index contributed by atoms with van der Waals surface area (Å²) in [5, 5.41) is 8.12. The summed E-state index contributed by atoms with van der Waals surface area (Å²) in [7, 11) is 0. The lowest BCUT2D eigenvalue weighted by Gasteiger charge is -2.34. The van der Waals surface area contributed by atoms with Crippen molar-refractivity contribution < 1.29 is 9.59 Å².